The molecule has 1 saturated carbocycles. The van der Waals surface area contributed by atoms with Crippen LogP contribution in [0.5, 0.6) is 5.75 Å². The first-order valence-corrected chi connectivity index (χ1v) is 15.8. The number of aliphatic hydroxyl groups excluding tert-OH is 1. The third-order valence-electron chi connectivity index (χ3n) is 7.50. The average molecular weight is 604 g/mol. The smallest absolute Gasteiger partial charge is 0.252 e. The van der Waals surface area contributed by atoms with Crippen LogP contribution in [0.3, 0.4) is 0 Å². The summed E-state index contributed by atoms with van der Waals surface area (Å²) in [5.74, 6) is 0.283. The molecule has 43 heavy (non-hydrogen) atoms. The van der Waals surface area contributed by atoms with Crippen molar-refractivity contribution in [3.63, 3.8) is 0 Å². The van der Waals surface area contributed by atoms with Crippen LogP contribution < -0.4 is 10.1 Å². The number of aliphatic imine (C=N–C) groups is 1. The summed E-state index contributed by atoms with van der Waals surface area (Å²) >= 11 is 0. The predicted molar refractivity (Wildman–Crippen MR) is 161 cm³/mol. The SMILES string of the molecule is [N-]=[N+]=Nc1ccccc1[C@H]1OC(c2ccc(OCCCO)cc2)=N[C@@]1(CCS(=O)(=O)c1ccccc1)C(=O)NCC1CC1. The van der Waals surface area contributed by atoms with Gasteiger partial charge in [0.05, 0.1) is 17.3 Å². The highest BCUT2D eigenvalue weighted by Gasteiger charge is 2.54. The van der Waals surface area contributed by atoms with Crippen molar-refractivity contribution in [1.29, 1.82) is 0 Å². The number of nitrogens with one attached hydrogen (secondary N) is 1. The number of rotatable bonds is 14. The molecule has 2 aliphatic rings. The molecule has 2 atom stereocenters. The van der Waals surface area contributed by atoms with Gasteiger partial charge in [-0.25, -0.2) is 13.4 Å². The first-order chi connectivity index (χ1) is 20.9. The van der Waals surface area contributed by atoms with Crippen LogP contribution in [0.15, 0.2) is 93.9 Å². The monoisotopic (exact) mass is 603 g/mol. The van der Waals surface area contributed by atoms with Gasteiger partial charge in [0, 0.05) is 47.7 Å². The summed E-state index contributed by atoms with van der Waals surface area (Å²) in [5.41, 5.74) is 8.81. The molecular weight excluding hydrogens is 570 g/mol. The molecule has 0 bridgehead atoms. The highest BCUT2D eigenvalue weighted by atomic mass is 32.2. The van der Waals surface area contributed by atoms with Crippen molar-refractivity contribution in [3.8, 4) is 5.75 Å². The van der Waals surface area contributed by atoms with Gasteiger partial charge in [0.15, 0.2) is 21.5 Å². The molecule has 3 aromatic carbocycles. The topological polar surface area (TPSA) is 163 Å². The molecule has 0 unspecified atom stereocenters. The molecule has 1 fully saturated rings. The summed E-state index contributed by atoms with van der Waals surface area (Å²) in [5, 5.41) is 15.8. The number of benzene rings is 3. The van der Waals surface area contributed by atoms with Gasteiger partial charge in [0.2, 0.25) is 5.90 Å². The molecule has 5 rings (SSSR count). The van der Waals surface area contributed by atoms with Crippen molar-refractivity contribution >= 4 is 27.3 Å². The molecule has 1 amide bonds. The molecule has 0 aromatic heterocycles. The van der Waals surface area contributed by atoms with Crippen molar-refractivity contribution in [2.45, 2.75) is 42.2 Å². The van der Waals surface area contributed by atoms with E-state index >= 15 is 0 Å². The number of nitrogens with zero attached hydrogens (tertiary/aromatic N) is 4. The van der Waals surface area contributed by atoms with Gasteiger partial charge < -0.3 is 19.9 Å². The number of carbonyl (C=O) groups excluding carboxylic acids is 1. The molecule has 0 saturated heterocycles. The molecule has 224 valence electrons. The third-order valence-corrected chi connectivity index (χ3v) is 9.24. The molecule has 11 nitrogen and oxygen atoms in total. The molecule has 12 heteroatoms. The van der Waals surface area contributed by atoms with Gasteiger partial charge in [-0.3, -0.25) is 4.79 Å². The fourth-order valence-electron chi connectivity index (χ4n) is 4.94. The second-order valence-electron chi connectivity index (χ2n) is 10.6. The third kappa shape index (κ3) is 6.99. The maximum absolute atomic E-state index is 14.1. The average Bonchev–Trinajstić information content (AvgIpc) is 3.78. The van der Waals surface area contributed by atoms with Gasteiger partial charge in [-0.1, -0.05) is 47.6 Å². The van der Waals surface area contributed by atoms with Crippen LogP contribution in [0.2, 0.25) is 0 Å². The Morgan fingerprint density at radius 1 is 1.09 bits per heavy atom. The number of hydrogen-bond donors (Lipinski definition) is 2. The Balaban J connectivity index is 1.57. The summed E-state index contributed by atoms with van der Waals surface area (Å²) in [4.78, 5) is 22.1. The van der Waals surface area contributed by atoms with Gasteiger partial charge in [-0.2, -0.15) is 0 Å². The summed E-state index contributed by atoms with van der Waals surface area (Å²) in [7, 11) is -3.78. The van der Waals surface area contributed by atoms with Crippen LogP contribution in [0.1, 0.15) is 42.9 Å². The van der Waals surface area contributed by atoms with Crippen molar-refractivity contribution < 1.29 is 27.8 Å². The Morgan fingerprint density at radius 2 is 1.81 bits per heavy atom. The maximum atomic E-state index is 14.1. The van der Waals surface area contributed by atoms with Gasteiger partial charge in [-0.05, 0) is 60.7 Å². The van der Waals surface area contributed by atoms with Crippen molar-refractivity contribution in [1.82, 2.24) is 5.32 Å². The number of azide groups is 1. The van der Waals surface area contributed by atoms with Crippen LogP contribution >= 0.6 is 0 Å². The van der Waals surface area contributed by atoms with Crippen LogP contribution in [0.4, 0.5) is 5.69 Å². The summed E-state index contributed by atoms with van der Waals surface area (Å²) < 4.78 is 38.9. The van der Waals surface area contributed by atoms with Crippen LogP contribution in [0.25, 0.3) is 10.4 Å². The van der Waals surface area contributed by atoms with Crippen molar-refractivity contribution in [3.05, 3.63) is 100 Å². The molecule has 1 heterocycles. The van der Waals surface area contributed by atoms with Gasteiger partial charge >= 0.3 is 0 Å². The Bertz CT molecular complexity index is 1620. The number of hydrogen-bond acceptors (Lipinski definition) is 8. The molecule has 2 N–H and O–H groups in total. The number of ether oxygens (including phenoxy) is 2. The fraction of sp³-hybridized carbons (Fsp3) is 0.355. The van der Waals surface area contributed by atoms with Crippen molar-refractivity contribution in [2.75, 3.05) is 25.5 Å². The zero-order valence-corrected chi connectivity index (χ0v) is 24.3. The number of amides is 1. The van der Waals surface area contributed by atoms with E-state index in [0.29, 0.717) is 42.4 Å². The molecule has 3 aromatic rings. The predicted octanol–water partition coefficient (Wildman–Crippen LogP) is 5.04. The highest BCUT2D eigenvalue weighted by Crippen LogP contribution is 2.46. The molecule has 0 spiro atoms. The van der Waals surface area contributed by atoms with Crippen LogP contribution in [-0.4, -0.2) is 56.4 Å². The van der Waals surface area contributed by atoms with Crippen LogP contribution in [-0.2, 0) is 19.4 Å². The molecule has 1 aliphatic heterocycles. The standard InChI is InChI=1S/C31H33N5O6S/c32-36-35-27-10-5-4-9-26(27)28-31(30(38)33-21-22-11-12-22,17-20-43(39,40)25-7-2-1-3-8-25)34-29(42-28)23-13-15-24(16-14-23)41-19-6-18-37/h1-5,7-10,13-16,22,28,37H,6,11-12,17-21H2,(H,33,38)/t28-,31-/m1/s1. The highest BCUT2D eigenvalue weighted by molar-refractivity contribution is 7.91. The largest absolute Gasteiger partial charge is 0.494 e. The number of sulfone groups is 1. The van der Waals surface area contributed by atoms with E-state index in [-0.39, 0.29) is 35.3 Å². The normalized spacial score (nSPS) is 19.6. The van der Waals surface area contributed by atoms with E-state index in [4.69, 9.17) is 19.6 Å². The molecule has 0 radical (unpaired) electrons. The van der Waals surface area contributed by atoms with Gasteiger partial charge in [0.1, 0.15) is 5.75 Å². The first kappa shape index (κ1) is 30.1. The first-order valence-electron chi connectivity index (χ1n) is 14.2. The second kappa shape index (κ2) is 13.3. The zero-order valence-electron chi connectivity index (χ0n) is 23.5. The minimum atomic E-state index is -3.78. The molecular formula is C31H33N5O6S. The van der Waals surface area contributed by atoms with E-state index in [1.165, 1.54) is 12.1 Å². The lowest BCUT2D eigenvalue weighted by molar-refractivity contribution is -0.129. The van der Waals surface area contributed by atoms with Gasteiger partial charge in [0.25, 0.3) is 5.91 Å². The zero-order chi connectivity index (χ0) is 30.3. The Morgan fingerprint density at radius 3 is 2.51 bits per heavy atom. The number of carbonyl (C=O) groups is 1. The van der Waals surface area contributed by atoms with E-state index in [1.54, 1.807) is 66.7 Å². The Kier molecular flexibility index (Phi) is 9.30. The van der Waals surface area contributed by atoms with Gasteiger partial charge in [-0.15, -0.1) is 0 Å². The quantitative estimate of drug-likeness (QED) is 0.114. The van der Waals surface area contributed by atoms with E-state index in [0.717, 1.165) is 12.8 Å². The summed E-state index contributed by atoms with van der Waals surface area (Å²) in [6, 6.07) is 21.8. The summed E-state index contributed by atoms with van der Waals surface area (Å²) in [6.07, 6.45) is 1.26. The van der Waals surface area contributed by atoms with Crippen LogP contribution in [0, 0.1) is 5.92 Å². The Hall–Kier alpha value is -4.38. The van der Waals surface area contributed by atoms with E-state index in [1.807, 2.05) is 0 Å². The minimum absolute atomic E-state index is 0.0202. The maximum Gasteiger partial charge on any atom is 0.252 e. The van der Waals surface area contributed by atoms with E-state index in [9.17, 15) is 18.7 Å². The second-order valence-corrected chi connectivity index (χ2v) is 12.7. The fourth-order valence-corrected chi connectivity index (χ4v) is 6.33. The lowest BCUT2D eigenvalue weighted by atomic mass is 9.84. The molecule has 1 aliphatic carbocycles. The lowest BCUT2D eigenvalue weighted by Crippen LogP contribution is -2.49. The minimum Gasteiger partial charge on any atom is -0.494 e. The van der Waals surface area contributed by atoms with Crippen molar-refractivity contribution in [2.24, 2.45) is 16.0 Å². The lowest BCUT2D eigenvalue weighted by Gasteiger charge is -2.31. The van der Waals surface area contributed by atoms with E-state index < -0.39 is 27.4 Å². The number of aliphatic hydroxyl groups is 1. The summed E-state index contributed by atoms with van der Waals surface area (Å²) in [6.45, 7) is 0.819. The Labute approximate surface area is 250 Å². The van der Waals surface area contributed by atoms with E-state index in [2.05, 4.69) is 15.3 Å².